The maximum atomic E-state index is 12.8. The predicted octanol–water partition coefficient (Wildman–Crippen LogP) is 1.71. The normalized spacial score (nSPS) is 10.4. The van der Waals surface area contributed by atoms with Gasteiger partial charge in [-0.1, -0.05) is 0 Å². The summed E-state index contributed by atoms with van der Waals surface area (Å²) in [6.07, 6.45) is 0. The fourth-order valence-electron chi connectivity index (χ4n) is 1.57. The number of aliphatic hydroxyl groups excluding tert-OH is 1. The third-order valence-electron chi connectivity index (χ3n) is 2.62. The maximum Gasteiger partial charge on any atom is 0.151 e. The van der Waals surface area contributed by atoms with Gasteiger partial charge in [0, 0.05) is 19.2 Å². The Hall–Kier alpha value is -2.01. The van der Waals surface area contributed by atoms with Crippen LogP contribution in [0.4, 0.5) is 10.2 Å². The smallest absolute Gasteiger partial charge is 0.151 e. The van der Waals surface area contributed by atoms with Crippen molar-refractivity contribution in [1.82, 2.24) is 10.2 Å². The molecule has 0 unspecified atom stereocenters. The Morgan fingerprint density at radius 3 is 2.39 bits per heavy atom. The Morgan fingerprint density at radius 1 is 1.11 bits per heavy atom. The zero-order valence-electron chi connectivity index (χ0n) is 10.0. The van der Waals surface area contributed by atoms with Gasteiger partial charge in [0.15, 0.2) is 5.82 Å². The van der Waals surface area contributed by atoms with Crippen LogP contribution in [0.15, 0.2) is 36.4 Å². The number of hydrogen-bond donors (Lipinski definition) is 1. The predicted molar refractivity (Wildman–Crippen MR) is 67.8 cm³/mol. The lowest BCUT2D eigenvalue weighted by atomic mass is 10.1. The molecule has 0 atom stereocenters. The Bertz CT molecular complexity index is 499. The number of rotatable bonds is 4. The number of likely N-dealkylation sites (N-methyl/N-ethyl adjacent to an activating group) is 1. The van der Waals surface area contributed by atoms with E-state index in [1.54, 1.807) is 17.0 Å². The molecule has 1 aromatic carbocycles. The highest BCUT2D eigenvalue weighted by Gasteiger charge is 2.04. The van der Waals surface area contributed by atoms with E-state index in [1.165, 1.54) is 12.1 Å². The number of aliphatic hydroxyl groups is 1. The molecular formula is C13H14FN3O. The third kappa shape index (κ3) is 2.81. The SMILES string of the molecule is CN(CCO)c1ccc(-c2ccc(F)cc2)nn1. The minimum absolute atomic E-state index is 0.0674. The summed E-state index contributed by atoms with van der Waals surface area (Å²) in [6.45, 7) is 0.572. The molecule has 18 heavy (non-hydrogen) atoms. The van der Waals surface area contributed by atoms with Gasteiger partial charge in [-0.15, -0.1) is 10.2 Å². The fraction of sp³-hybridized carbons (Fsp3) is 0.231. The van der Waals surface area contributed by atoms with Crippen molar-refractivity contribution in [2.24, 2.45) is 0 Å². The van der Waals surface area contributed by atoms with Gasteiger partial charge in [0.1, 0.15) is 5.82 Å². The number of nitrogens with zero attached hydrogens (tertiary/aromatic N) is 3. The van der Waals surface area contributed by atoms with E-state index in [9.17, 15) is 4.39 Å². The topological polar surface area (TPSA) is 49.2 Å². The second-order valence-electron chi connectivity index (χ2n) is 3.93. The van der Waals surface area contributed by atoms with Crippen LogP contribution < -0.4 is 4.90 Å². The summed E-state index contributed by atoms with van der Waals surface area (Å²) in [6, 6.07) is 9.75. The number of halogens is 1. The van der Waals surface area contributed by atoms with Crippen molar-refractivity contribution in [1.29, 1.82) is 0 Å². The van der Waals surface area contributed by atoms with Gasteiger partial charge in [-0.2, -0.15) is 0 Å². The molecule has 2 rings (SSSR count). The summed E-state index contributed by atoms with van der Waals surface area (Å²) in [4.78, 5) is 1.81. The van der Waals surface area contributed by atoms with Crippen LogP contribution in [0, 0.1) is 5.82 Å². The highest BCUT2D eigenvalue weighted by Crippen LogP contribution is 2.18. The zero-order chi connectivity index (χ0) is 13.0. The van der Waals surface area contributed by atoms with Crippen LogP contribution >= 0.6 is 0 Å². The average Bonchev–Trinajstić information content (AvgIpc) is 2.40. The summed E-state index contributed by atoms with van der Waals surface area (Å²) in [5, 5.41) is 17.0. The molecule has 0 aliphatic rings. The van der Waals surface area contributed by atoms with Gasteiger partial charge < -0.3 is 10.0 Å². The molecule has 1 N–H and O–H groups in total. The highest BCUT2D eigenvalue weighted by molar-refractivity contribution is 5.59. The van der Waals surface area contributed by atoms with E-state index in [1.807, 2.05) is 19.2 Å². The van der Waals surface area contributed by atoms with Crippen LogP contribution in [-0.2, 0) is 0 Å². The van der Waals surface area contributed by atoms with Gasteiger partial charge in [-0.05, 0) is 36.4 Å². The lowest BCUT2D eigenvalue weighted by molar-refractivity contribution is 0.303. The van der Waals surface area contributed by atoms with Crippen molar-refractivity contribution < 1.29 is 9.50 Å². The van der Waals surface area contributed by atoms with E-state index in [0.717, 1.165) is 5.56 Å². The van der Waals surface area contributed by atoms with Gasteiger partial charge in [-0.25, -0.2) is 4.39 Å². The first-order valence-electron chi connectivity index (χ1n) is 5.62. The van der Waals surface area contributed by atoms with E-state index in [4.69, 9.17) is 5.11 Å². The average molecular weight is 247 g/mol. The summed E-state index contributed by atoms with van der Waals surface area (Å²) in [5.41, 5.74) is 1.51. The van der Waals surface area contributed by atoms with Gasteiger partial charge >= 0.3 is 0 Å². The minimum atomic E-state index is -0.272. The molecule has 5 heteroatoms. The molecule has 0 fully saturated rings. The Morgan fingerprint density at radius 2 is 1.83 bits per heavy atom. The summed E-state index contributed by atoms with van der Waals surface area (Å²) in [7, 11) is 1.83. The summed E-state index contributed by atoms with van der Waals surface area (Å²) >= 11 is 0. The van der Waals surface area contributed by atoms with Crippen LogP contribution in [0.25, 0.3) is 11.3 Å². The van der Waals surface area contributed by atoms with Crippen molar-refractivity contribution in [3.05, 3.63) is 42.2 Å². The molecule has 4 nitrogen and oxygen atoms in total. The van der Waals surface area contributed by atoms with E-state index in [0.29, 0.717) is 18.1 Å². The molecule has 0 saturated heterocycles. The van der Waals surface area contributed by atoms with Gasteiger partial charge in [0.2, 0.25) is 0 Å². The second-order valence-corrected chi connectivity index (χ2v) is 3.93. The molecule has 0 bridgehead atoms. The molecule has 0 amide bonds. The molecule has 0 radical (unpaired) electrons. The van der Waals surface area contributed by atoms with E-state index < -0.39 is 0 Å². The first-order valence-corrected chi connectivity index (χ1v) is 5.62. The van der Waals surface area contributed by atoms with Crippen LogP contribution in [0.1, 0.15) is 0 Å². The van der Waals surface area contributed by atoms with Crippen molar-refractivity contribution in [3.8, 4) is 11.3 Å². The van der Waals surface area contributed by atoms with Gasteiger partial charge in [0.25, 0.3) is 0 Å². The number of anilines is 1. The number of benzene rings is 1. The molecule has 0 aliphatic heterocycles. The van der Waals surface area contributed by atoms with Crippen molar-refractivity contribution in [2.45, 2.75) is 0 Å². The number of aromatic nitrogens is 2. The molecule has 0 saturated carbocycles. The highest BCUT2D eigenvalue weighted by atomic mass is 19.1. The van der Waals surface area contributed by atoms with Crippen LogP contribution in [-0.4, -0.2) is 35.5 Å². The Labute approximate surface area is 105 Å². The van der Waals surface area contributed by atoms with Crippen LogP contribution in [0.3, 0.4) is 0 Å². The monoisotopic (exact) mass is 247 g/mol. The van der Waals surface area contributed by atoms with Gasteiger partial charge in [0.05, 0.1) is 12.3 Å². The second kappa shape index (κ2) is 5.55. The van der Waals surface area contributed by atoms with Crippen molar-refractivity contribution in [2.75, 3.05) is 25.1 Å². The molecule has 2 aromatic rings. The molecule has 0 spiro atoms. The van der Waals surface area contributed by atoms with Gasteiger partial charge in [-0.3, -0.25) is 0 Å². The Balaban J connectivity index is 2.19. The molecule has 1 heterocycles. The van der Waals surface area contributed by atoms with Crippen molar-refractivity contribution in [3.63, 3.8) is 0 Å². The van der Waals surface area contributed by atoms with E-state index in [2.05, 4.69) is 10.2 Å². The van der Waals surface area contributed by atoms with Crippen molar-refractivity contribution >= 4 is 5.82 Å². The van der Waals surface area contributed by atoms with E-state index >= 15 is 0 Å². The lowest BCUT2D eigenvalue weighted by Crippen LogP contribution is -2.22. The maximum absolute atomic E-state index is 12.8. The third-order valence-corrected chi connectivity index (χ3v) is 2.62. The Kier molecular flexibility index (Phi) is 3.84. The first kappa shape index (κ1) is 12.4. The quantitative estimate of drug-likeness (QED) is 0.893. The molecule has 1 aromatic heterocycles. The largest absolute Gasteiger partial charge is 0.395 e. The fourth-order valence-corrected chi connectivity index (χ4v) is 1.57. The zero-order valence-corrected chi connectivity index (χ0v) is 10.0. The number of hydrogen-bond acceptors (Lipinski definition) is 4. The molecule has 94 valence electrons. The summed E-state index contributed by atoms with van der Waals surface area (Å²) in [5.74, 6) is 0.418. The molecule has 0 aliphatic carbocycles. The summed E-state index contributed by atoms with van der Waals surface area (Å²) < 4.78 is 12.8. The molecular weight excluding hydrogens is 233 g/mol. The first-order chi connectivity index (χ1) is 8.70. The standard InChI is InChI=1S/C13H14FN3O/c1-17(8-9-18)13-7-6-12(15-16-13)10-2-4-11(14)5-3-10/h2-7,18H,8-9H2,1H3. The van der Waals surface area contributed by atoms with Crippen LogP contribution in [0.2, 0.25) is 0 Å². The van der Waals surface area contributed by atoms with E-state index in [-0.39, 0.29) is 12.4 Å². The lowest BCUT2D eigenvalue weighted by Gasteiger charge is -2.15. The minimum Gasteiger partial charge on any atom is -0.395 e. The van der Waals surface area contributed by atoms with Crippen LogP contribution in [0.5, 0.6) is 0 Å².